The molecule has 3 rings (SSSR count). The minimum atomic E-state index is -1.09. The molecule has 6 nitrogen and oxygen atoms in total. The first-order valence-electron chi connectivity index (χ1n) is 10.6. The van der Waals surface area contributed by atoms with E-state index in [-0.39, 0.29) is 18.4 Å². The van der Waals surface area contributed by atoms with Crippen LogP contribution in [0.3, 0.4) is 0 Å². The minimum absolute atomic E-state index is 0.0177. The average Bonchev–Trinajstić information content (AvgIpc) is 2.77. The third-order valence-corrected chi connectivity index (χ3v) is 5.65. The van der Waals surface area contributed by atoms with E-state index in [2.05, 4.69) is 37.3 Å². The van der Waals surface area contributed by atoms with Crippen LogP contribution in [-0.4, -0.2) is 74.7 Å². The lowest BCUT2D eigenvalue weighted by Crippen LogP contribution is -2.61. The van der Waals surface area contributed by atoms with Gasteiger partial charge in [0.1, 0.15) is 0 Å². The topological polar surface area (TPSA) is 59.1 Å². The third-order valence-electron chi connectivity index (χ3n) is 5.65. The van der Waals surface area contributed by atoms with E-state index in [0.717, 1.165) is 16.7 Å². The second-order valence-electron chi connectivity index (χ2n) is 8.34. The van der Waals surface area contributed by atoms with Crippen LogP contribution >= 0.6 is 0 Å². The van der Waals surface area contributed by atoms with Gasteiger partial charge < -0.3 is 19.3 Å². The van der Waals surface area contributed by atoms with Crippen LogP contribution in [0.5, 0.6) is 0 Å². The van der Waals surface area contributed by atoms with E-state index in [0.29, 0.717) is 32.6 Å². The van der Waals surface area contributed by atoms with Gasteiger partial charge in [0.25, 0.3) is 5.91 Å². The summed E-state index contributed by atoms with van der Waals surface area (Å²) in [5, 5.41) is 0. The highest BCUT2D eigenvalue weighted by Crippen LogP contribution is 2.28. The van der Waals surface area contributed by atoms with E-state index < -0.39 is 5.60 Å². The van der Waals surface area contributed by atoms with Crippen LogP contribution in [0, 0.1) is 6.92 Å². The highest BCUT2D eigenvalue weighted by molar-refractivity contribution is 5.87. The number of likely N-dealkylation sites (N-methyl/N-ethyl adjacent to an activating group) is 1. The molecule has 0 saturated carbocycles. The fraction of sp³-hybridized carbons (Fsp3) is 0.440. The predicted molar refractivity (Wildman–Crippen MR) is 121 cm³/mol. The van der Waals surface area contributed by atoms with Crippen LogP contribution in [0.1, 0.15) is 17.5 Å². The van der Waals surface area contributed by atoms with Crippen molar-refractivity contribution >= 4 is 11.8 Å². The van der Waals surface area contributed by atoms with Crippen LogP contribution in [0.15, 0.2) is 48.5 Å². The summed E-state index contributed by atoms with van der Waals surface area (Å²) in [6.45, 7) is 3.50. The second-order valence-corrected chi connectivity index (χ2v) is 8.34. The molecule has 1 atom stereocenters. The molecule has 31 heavy (non-hydrogen) atoms. The molecule has 0 aromatic heterocycles. The Kier molecular flexibility index (Phi) is 7.46. The normalized spacial score (nSPS) is 18.6. The number of morpholine rings is 1. The number of rotatable bonds is 7. The Hall–Kier alpha value is -2.70. The van der Waals surface area contributed by atoms with E-state index in [1.807, 2.05) is 18.2 Å². The quantitative estimate of drug-likeness (QED) is 0.686. The fourth-order valence-corrected chi connectivity index (χ4v) is 4.03. The molecule has 1 saturated heterocycles. The molecule has 0 N–H and O–H groups in total. The zero-order valence-corrected chi connectivity index (χ0v) is 18.9. The van der Waals surface area contributed by atoms with Crippen LogP contribution in [0.2, 0.25) is 0 Å². The van der Waals surface area contributed by atoms with E-state index in [4.69, 9.17) is 9.47 Å². The lowest BCUT2D eigenvalue weighted by atomic mass is 9.89. The zero-order chi connectivity index (χ0) is 22.4. The molecule has 6 heteroatoms. The van der Waals surface area contributed by atoms with Crippen molar-refractivity contribution < 1.29 is 19.1 Å². The van der Waals surface area contributed by atoms with E-state index in [1.54, 1.807) is 31.0 Å². The molecule has 0 radical (unpaired) electrons. The monoisotopic (exact) mass is 424 g/mol. The Bertz CT molecular complexity index is 910. The molecular weight excluding hydrogens is 392 g/mol. The van der Waals surface area contributed by atoms with Crippen molar-refractivity contribution in [1.82, 2.24) is 9.80 Å². The van der Waals surface area contributed by atoms with Gasteiger partial charge in [-0.25, -0.2) is 0 Å². The van der Waals surface area contributed by atoms with Crippen molar-refractivity contribution in [2.24, 2.45) is 0 Å². The van der Waals surface area contributed by atoms with Gasteiger partial charge in [0.15, 0.2) is 5.60 Å². The third kappa shape index (κ3) is 5.51. The molecule has 1 aliphatic heterocycles. The van der Waals surface area contributed by atoms with Gasteiger partial charge in [0.05, 0.1) is 26.2 Å². The van der Waals surface area contributed by atoms with Crippen LogP contribution in [-0.2, 0) is 25.5 Å². The number of aryl methyl sites for hydroxylation is 1. The van der Waals surface area contributed by atoms with Gasteiger partial charge in [-0.3, -0.25) is 9.59 Å². The Morgan fingerprint density at radius 2 is 1.87 bits per heavy atom. The highest BCUT2D eigenvalue weighted by Gasteiger charge is 2.45. The van der Waals surface area contributed by atoms with E-state index in [9.17, 15) is 9.59 Å². The maximum atomic E-state index is 13.2. The first-order valence-corrected chi connectivity index (χ1v) is 10.6. The van der Waals surface area contributed by atoms with Crippen LogP contribution in [0.25, 0.3) is 11.1 Å². The summed E-state index contributed by atoms with van der Waals surface area (Å²) in [6.07, 6.45) is 0.708. The van der Waals surface area contributed by atoms with Crippen molar-refractivity contribution in [3.05, 3.63) is 59.7 Å². The maximum absolute atomic E-state index is 13.2. The molecule has 1 aliphatic rings. The van der Waals surface area contributed by atoms with Gasteiger partial charge in [-0.1, -0.05) is 54.1 Å². The lowest BCUT2D eigenvalue weighted by molar-refractivity contribution is -0.172. The molecule has 0 aliphatic carbocycles. The summed E-state index contributed by atoms with van der Waals surface area (Å²) in [5.74, 6) is -0.143. The van der Waals surface area contributed by atoms with Gasteiger partial charge in [-0.05, 0) is 23.6 Å². The van der Waals surface area contributed by atoms with E-state index in [1.165, 1.54) is 5.56 Å². The smallest absolute Gasteiger partial charge is 0.256 e. The van der Waals surface area contributed by atoms with E-state index >= 15 is 0 Å². The Labute approximate surface area is 184 Å². The molecule has 2 amide bonds. The molecule has 0 bridgehead atoms. The van der Waals surface area contributed by atoms with Gasteiger partial charge in [-0.2, -0.15) is 0 Å². The summed E-state index contributed by atoms with van der Waals surface area (Å²) < 4.78 is 11.1. The molecule has 0 spiro atoms. The number of methoxy groups -OCH3 is 1. The number of hydrogen-bond donors (Lipinski definition) is 0. The standard InChI is InChI=1S/C25H32N2O4/c1-19-6-5-7-22(16-19)21-10-8-20(9-11-21)17-25(24(29)26(2)3)18-27(13-15-31-25)23(28)12-14-30-4/h5-11,16H,12-15,17-18H2,1-4H3. The summed E-state index contributed by atoms with van der Waals surface area (Å²) >= 11 is 0. The number of benzene rings is 2. The molecule has 166 valence electrons. The molecule has 2 aromatic rings. The first-order chi connectivity index (χ1) is 14.8. The highest BCUT2D eigenvalue weighted by atomic mass is 16.5. The van der Waals surface area contributed by atoms with Gasteiger partial charge in [0.2, 0.25) is 5.91 Å². The first kappa shape index (κ1) is 23.0. The number of carbonyl (C=O) groups is 2. The number of carbonyl (C=O) groups excluding carboxylic acids is 2. The lowest BCUT2D eigenvalue weighted by Gasteiger charge is -2.43. The summed E-state index contributed by atoms with van der Waals surface area (Å²) in [7, 11) is 5.02. The summed E-state index contributed by atoms with van der Waals surface area (Å²) in [6, 6.07) is 16.6. The summed E-state index contributed by atoms with van der Waals surface area (Å²) in [4.78, 5) is 29.0. The van der Waals surface area contributed by atoms with Crippen molar-refractivity contribution in [2.45, 2.75) is 25.4 Å². The molecular formula is C25H32N2O4. The van der Waals surface area contributed by atoms with Gasteiger partial charge >= 0.3 is 0 Å². The minimum Gasteiger partial charge on any atom is -0.384 e. The fourth-order valence-electron chi connectivity index (χ4n) is 4.03. The Balaban J connectivity index is 1.82. The van der Waals surface area contributed by atoms with Crippen molar-refractivity contribution in [3.63, 3.8) is 0 Å². The van der Waals surface area contributed by atoms with Crippen LogP contribution < -0.4 is 0 Å². The number of nitrogens with zero attached hydrogens (tertiary/aromatic N) is 2. The molecule has 1 unspecified atom stereocenters. The number of amides is 2. The average molecular weight is 425 g/mol. The second kappa shape index (κ2) is 10.1. The van der Waals surface area contributed by atoms with Crippen molar-refractivity contribution in [2.75, 3.05) is 47.5 Å². The maximum Gasteiger partial charge on any atom is 0.256 e. The number of hydrogen-bond acceptors (Lipinski definition) is 4. The zero-order valence-electron chi connectivity index (χ0n) is 18.9. The molecule has 2 aromatic carbocycles. The largest absolute Gasteiger partial charge is 0.384 e. The number of ether oxygens (including phenoxy) is 2. The predicted octanol–water partition coefficient (Wildman–Crippen LogP) is 2.93. The SMILES string of the molecule is COCCC(=O)N1CCOC(Cc2ccc(-c3cccc(C)c3)cc2)(C(=O)N(C)C)C1. The van der Waals surface area contributed by atoms with Gasteiger partial charge in [0, 0.05) is 34.2 Å². The van der Waals surface area contributed by atoms with Crippen molar-refractivity contribution in [3.8, 4) is 11.1 Å². The molecule has 1 heterocycles. The molecule has 1 fully saturated rings. The van der Waals surface area contributed by atoms with Crippen LogP contribution in [0.4, 0.5) is 0 Å². The van der Waals surface area contributed by atoms with Gasteiger partial charge in [-0.15, -0.1) is 0 Å². The Morgan fingerprint density at radius 1 is 1.13 bits per heavy atom. The summed E-state index contributed by atoms with van der Waals surface area (Å²) in [5.41, 5.74) is 3.41. The van der Waals surface area contributed by atoms with Crippen molar-refractivity contribution in [1.29, 1.82) is 0 Å². The Morgan fingerprint density at radius 3 is 2.52 bits per heavy atom.